The van der Waals surface area contributed by atoms with Crippen molar-refractivity contribution >= 4 is 29.5 Å². The van der Waals surface area contributed by atoms with Crippen molar-refractivity contribution in [3.05, 3.63) is 28.8 Å². The predicted octanol–water partition coefficient (Wildman–Crippen LogP) is 5.39. The average Bonchev–Trinajstić information content (AvgIpc) is 3.41. The molecule has 3 saturated heterocycles. The average molecular weight is 615 g/mol. The maximum atomic E-state index is 12.8. The van der Waals surface area contributed by atoms with E-state index in [1.807, 2.05) is 37.8 Å². The molecule has 1 aromatic rings. The number of benzene rings is 1. The lowest BCUT2D eigenvalue weighted by Crippen LogP contribution is -2.52. The Bertz CT molecular complexity index is 1090. The fourth-order valence-electron chi connectivity index (χ4n) is 5.45. The Morgan fingerprint density at radius 2 is 1.44 bits per heavy atom. The first-order valence-electron chi connectivity index (χ1n) is 13.2. The first kappa shape index (κ1) is 31.3. The number of hydrogen-bond acceptors (Lipinski definition) is 6. The highest BCUT2D eigenvalue weighted by atomic mass is 35.5. The summed E-state index contributed by atoms with van der Waals surface area (Å²) >= 11 is 6.32. The summed E-state index contributed by atoms with van der Waals surface area (Å²) in [5, 5.41) is 0.549. The molecule has 3 aliphatic rings. The van der Waals surface area contributed by atoms with Gasteiger partial charge in [0.15, 0.2) is 0 Å². The molecule has 2 atom stereocenters. The highest BCUT2D eigenvalue weighted by molar-refractivity contribution is 6.30. The fourth-order valence-corrected chi connectivity index (χ4v) is 5.62. The standard InChI is InChI=1S/C26H33ClF6N4O4/c1-24(2,3)41-23(39)37-14-17-12-36(13-18(17)15-37)20-10-19(27)5-4-16(20)11-34-6-8-35(9-7-34)22(38)40-21(25(28,29)30)26(31,32)33/h4-5,10,17-18,21H,6-9,11-15H2,1-3H3. The summed E-state index contributed by atoms with van der Waals surface area (Å²) in [7, 11) is 0. The van der Waals surface area contributed by atoms with Crippen LogP contribution in [0, 0.1) is 11.8 Å². The van der Waals surface area contributed by atoms with Crippen LogP contribution in [0.25, 0.3) is 0 Å². The van der Waals surface area contributed by atoms with Gasteiger partial charge >= 0.3 is 24.5 Å². The maximum Gasteiger partial charge on any atom is 0.434 e. The molecule has 1 aromatic carbocycles. The Labute approximate surface area is 239 Å². The number of nitrogens with zero attached hydrogens (tertiary/aromatic N) is 4. The molecule has 230 valence electrons. The van der Waals surface area contributed by atoms with Gasteiger partial charge in [0.1, 0.15) is 5.60 Å². The van der Waals surface area contributed by atoms with Crippen molar-refractivity contribution in [1.82, 2.24) is 14.7 Å². The summed E-state index contributed by atoms with van der Waals surface area (Å²) in [6.45, 7) is 8.84. The molecule has 4 rings (SSSR count). The molecule has 2 amide bonds. The second kappa shape index (κ2) is 11.6. The Morgan fingerprint density at radius 1 is 0.878 bits per heavy atom. The van der Waals surface area contributed by atoms with E-state index in [0.717, 1.165) is 29.2 Å². The third kappa shape index (κ3) is 7.82. The number of alkyl halides is 6. The van der Waals surface area contributed by atoms with Crippen LogP contribution in [0.3, 0.4) is 0 Å². The van der Waals surface area contributed by atoms with Crippen molar-refractivity contribution in [2.24, 2.45) is 11.8 Å². The van der Waals surface area contributed by atoms with Crippen LogP contribution in [-0.4, -0.2) is 103 Å². The van der Waals surface area contributed by atoms with E-state index >= 15 is 0 Å². The third-order valence-corrected chi connectivity index (χ3v) is 7.60. The number of hydrogen-bond donors (Lipinski definition) is 0. The zero-order chi connectivity index (χ0) is 30.3. The van der Waals surface area contributed by atoms with Gasteiger partial charge in [0, 0.05) is 81.4 Å². The number of rotatable bonds is 4. The molecule has 8 nitrogen and oxygen atoms in total. The highest BCUT2D eigenvalue weighted by Gasteiger charge is 2.60. The zero-order valence-corrected chi connectivity index (χ0v) is 23.7. The van der Waals surface area contributed by atoms with E-state index < -0.39 is 30.2 Å². The van der Waals surface area contributed by atoms with Gasteiger partial charge in [-0.15, -0.1) is 0 Å². The number of piperazine rings is 1. The first-order valence-corrected chi connectivity index (χ1v) is 13.6. The number of carbonyl (C=O) groups is 2. The smallest absolute Gasteiger partial charge is 0.434 e. The maximum absolute atomic E-state index is 12.8. The summed E-state index contributed by atoms with van der Waals surface area (Å²) in [6.07, 6.45) is -17.7. The summed E-state index contributed by atoms with van der Waals surface area (Å²) in [5.41, 5.74) is 1.30. The number of halogens is 7. The molecular formula is C26H33ClF6N4O4. The number of ether oxygens (including phenoxy) is 2. The Morgan fingerprint density at radius 3 is 1.95 bits per heavy atom. The Balaban J connectivity index is 1.33. The molecular weight excluding hydrogens is 582 g/mol. The van der Waals surface area contributed by atoms with Gasteiger partial charge in [-0.25, -0.2) is 9.59 Å². The molecule has 2 unspecified atom stereocenters. The van der Waals surface area contributed by atoms with Crippen LogP contribution in [-0.2, 0) is 16.0 Å². The lowest BCUT2D eigenvalue weighted by molar-refractivity contribution is -0.308. The van der Waals surface area contributed by atoms with Gasteiger partial charge in [0.05, 0.1) is 0 Å². The van der Waals surface area contributed by atoms with Crippen LogP contribution in [0.2, 0.25) is 5.02 Å². The van der Waals surface area contributed by atoms with Crippen LogP contribution < -0.4 is 4.90 Å². The van der Waals surface area contributed by atoms with E-state index in [1.165, 1.54) is 0 Å². The van der Waals surface area contributed by atoms with Crippen molar-refractivity contribution in [2.75, 3.05) is 57.3 Å². The van der Waals surface area contributed by atoms with Crippen molar-refractivity contribution in [3.8, 4) is 0 Å². The summed E-state index contributed by atoms with van der Waals surface area (Å²) < 4.78 is 85.9. The lowest BCUT2D eigenvalue weighted by atomic mass is 10.0. The van der Waals surface area contributed by atoms with Gasteiger partial charge in [0.25, 0.3) is 6.10 Å². The molecule has 3 fully saturated rings. The number of carbonyl (C=O) groups excluding carboxylic acids is 2. The summed E-state index contributed by atoms with van der Waals surface area (Å²) in [6, 6.07) is 5.51. The van der Waals surface area contributed by atoms with E-state index in [9.17, 15) is 35.9 Å². The minimum Gasteiger partial charge on any atom is -0.444 e. The number of likely N-dealkylation sites (tertiary alicyclic amines) is 1. The molecule has 0 aromatic heterocycles. The van der Waals surface area contributed by atoms with Gasteiger partial charge < -0.3 is 24.2 Å². The van der Waals surface area contributed by atoms with Gasteiger partial charge in [0.2, 0.25) is 0 Å². The second-order valence-electron chi connectivity index (χ2n) is 11.7. The largest absolute Gasteiger partial charge is 0.444 e. The topological polar surface area (TPSA) is 65.6 Å². The van der Waals surface area contributed by atoms with Crippen molar-refractivity contribution in [2.45, 2.75) is 51.4 Å². The van der Waals surface area contributed by atoms with Crippen LogP contribution in [0.1, 0.15) is 26.3 Å². The quantitative estimate of drug-likeness (QED) is 0.424. The van der Waals surface area contributed by atoms with Gasteiger partial charge in [-0.1, -0.05) is 17.7 Å². The zero-order valence-electron chi connectivity index (χ0n) is 22.9. The molecule has 0 saturated carbocycles. The molecule has 41 heavy (non-hydrogen) atoms. The monoisotopic (exact) mass is 614 g/mol. The molecule has 0 spiro atoms. The SMILES string of the molecule is CC(C)(C)OC(=O)N1CC2CN(c3cc(Cl)ccc3CN3CCN(C(=O)OC(C(F)(F)F)C(F)(F)F)CC3)CC2C1. The molecule has 0 N–H and O–H groups in total. The van der Waals surface area contributed by atoms with E-state index in [4.69, 9.17) is 16.3 Å². The van der Waals surface area contributed by atoms with Crippen LogP contribution >= 0.6 is 11.6 Å². The Hall–Kier alpha value is -2.61. The highest BCUT2D eigenvalue weighted by Crippen LogP contribution is 2.38. The molecule has 3 aliphatic heterocycles. The predicted molar refractivity (Wildman–Crippen MR) is 138 cm³/mol. The number of amides is 2. The summed E-state index contributed by atoms with van der Waals surface area (Å²) in [4.78, 5) is 31.4. The minimum absolute atomic E-state index is 0.0848. The van der Waals surface area contributed by atoms with Gasteiger partial charge in [-0.2, -0.15) is 26.3 Å². The van der Waals surface area contributed by atoms with Crippen molar-refractivity contribution in [1.29, 1.82) is 0 Å². The van der Waals surface area contributed by atoms with Crippen LogP contribution in [0.4, 0.5) is 41.6 Å². The van der Waals surface area contributed by atoms with Crippen molar-refractivity contribution < 1.29 is 45.4 Å². The molecule has 0 radical (unpaired) electrons. The number of fused-ring (bicyclic) bond motifs is 1. The van der Waals surface area contributed by atoms with Gasteiger partial charge in [-0.05, 0) is 38.5 Å². The Kier molecular flexibility index (Phi) is 8.85. The van der Waals surface area contributed by atoms with Crippen LogP contribution in [0.5, 0.6) is 0 Å². The van der Waals surface area contributed by atoms with Crippen LogP contribution in [0.15, 0.2) is 18.2 Å². The first-order chi connectivity index (χ1) is 18.9. The third-order valence-electron chi connectivity index (χ3n) is 7.36. The molecule has 0 aliphatic carbocycles. The van der Waals surface area contributed by atoms with E-state index in [0.29, 0.717) is 24.7 Å². The molecule has 3 heterocycles. The lowest BCUT2D eigenvalue weighted by Gasteiger charge is -2.36. The normalized spacial score (nSPS) is 22.4. The van der Waals surface area contributed by atoms with Gasteiger partial charge in [-0.3, -0.25) is 4.90 Å². The summed E-state index contributed by atoms with van der Waals surface area (Å²) in [5.74, 6) is 0.530. The minimum atomic E-state index is -5.76. The fraction of sp³-hybridized carbons (Fsp3) is 0.692. The van der Waals surface area contributed by atoms with Crippen molar-refractivity contribution in [3.63, 3.8) is 0 Å². The second-order valence-corrected chi connectivity index (χ2v) is 12.1. The van der Waals surface area contributed by atoms with E-state index in [2.05, 4.69) is 9.64 Å². The molecule has 15 heteroatoms. The molecule has 0 bridgehead atoms. The van der Waals surface area contributed by atoms with E-state index in [1.54, 1.807) is 11.0 Å². The number of anilines is 1. The van der Waals surface area contributed by atoms with E-state index in [-0.39, 0.29) is 44.1 Å².